The Bertz CT molecular complexity index is 748. The summed E-state index contributed by atoms with van der Waals surface area (Å²) in [4.78, 5) is 15.4. The molecule has 0 unspecified atom stereocenters. The van der Waals surface area contributed by atoms with Gasteiger partial charge in [-0.05, 0) is 24.5 Å². The molecule has 5 heteroatoms. The van der Waals surface area contributed by atoms with Gasteiger partial charge in [0, 0.05) is 23.6 Å². The highest BCUT2D eigenvalue weighted by Crippen LogP contribution is 2.37. The standard InChI is InChI=1S/C17H21NO4/c1-4-20-9-12-16(10(2)3)11-7-14-15(22-6-5-21-14)8-13(11)18-17(12)19/h7-8,10H,4-6,9H2,1-3H3,(H,18,19). The molecule has 0 bridgehead atoms. The Hall–Kier alpha value is -2.01. The molecule has 2 heterocycles. The van der Waals surface area contributed by atoms with E-state index in [0.29, 0.717) is 37.7 Å². The van der Waals surface area contributed by atoms with Crippen LogP contribution in [0.25, 0.3) is 10.9 Å². The zero-order valence-corrected chi connectivity index (χ0v) is 13.2. The molecule has 2 aromatic rings. The average Bonchev–Trinajstić information content (AvgIpc) is 2.50. The summed E-state index contributed by atoms with van der Waals surface area (Å²) in [6, 6.07) is 3.81. The van der Waals surface area contributed by atoms with Crippen LogP contribution in [0.15, 0.2) is 16.9 Å². The lowest BCUT2D eigenvalue weighted by atomic mass is 9.94. The lowest BCUT2D eigenvalue weighted by Gasteiger charge is -2.21. The van der Waals surface area contributed by atoms with E-state index in [9.17, 15) is 4.79 Å². The molecule has 5 nitrogen and oxygen atoms in total. The van der Waals surface area contributed by atoms with E-state index >= 15 is 0 Å². The van der Waals surface area contributed by atoms with Crippen molar-refractivity contribution in [3.05, 3.63) is 33.6 Å². The Balaban J connectivity index is 2.26. The number of pyridine rings is 1. The lowest BCUT2D eigenvalue weighted by Crippen LogP contribution is -2.19. The number of rotatable bonds is 4. The number of nitrogens with one attached hydrogen (secondary N) is 1. The van der Waals surface area contributed by atoms with Gasteiger partial charge in [0.1, 0.15) is 13.2 Å². The zero-order valence-electron chi connectivity index (χ0n) is 13.2. The van der Waals surface area contributed by atoms with Gasteiger partial charge >= 0.3 is 0 Å². The van der Waals surface area contributed by atoms with Gasteiger partial charge in [0.2, 0.25) is 0 Å². The fourth-order valence-electron chi connectivity index (χ4n) is 2.90. The number of H-pyrrole nitrogens is 1. The van der Waals surface area contributed by atoms with E-state index in [-0.39, 0.29) is 11.5 Å². The Kier molecular flexibility index (Phi) is 4.07. The Labute approximate surface area is 129 Å². The first kappa shape index (κ1) is 14.9. The molecule has 1 N–H and O–H groups in total. The first-order chi connectivity index (χ1) is 10.6. The van der Waals surface area contributed by atoms with Crippen LogP contribution in [0, 0.1) is 0 Å². The Morgan fingerprint density at radius 1 is 1.23 bits per heavy atom. The molecule has 0 saturated carbocycles. The van der Waals surface area contributed by atoms with E-state index in [0.717, 1.165) is 22.2 Å². The molecule has 0 fully saturated rings. The van der Waals surface area contributed by atoms with Gasteiger partial charge in [-0.1, -0.05) is 13.8 Å². The fourth-order valence-corrected chi connectivity index (χ4v) is 2.90. The van der Waals surface area contributed by atoms with E-state index in [1.807, 2.05) is 19.1 Å². The number of aromatic amines is 1. The first-order valence-electron chi connectivity index (χ1n) is 7.68. The van der Waals surface area contributed by atoms with E-state index < -0.39 is 0 Å². The molecule has 1 aliphatic rings. The van der Waals surface area contributed by atoms with Crippen molar-refractivity contribution in [3.8, 4) is 11.5 Å². The minimum absolute atomic E-state index is 0.0960. The van der Waals surface area contributed by atoms with Crippen molar-refractivity contribution < 1.29 is 14.2 Å². The van der Waals surface area contributed by atoms with Crippen molar-refractivity contribution in [2.45, 2.75) is 33.3 Å². The van der Waals surface area contributed by atoms with Crippen LogP contribution in [0.3, 0.4) is 0 Å². The van der Waals surface area contributed by atoms with Gasteiger partial charge < -0.3 is 19.2 Å². The van der Waals surface area contributed by atoms with Gasteiger partial charge in [-0.25, -0.2) is 0 Å². The molecular weight excluding hydrogens is 282 g/mol. The number of hydrogen-bond acceptors (Lipinski definition) is 4. The van der Waals surface area contributed by atoms with Crippen molar-refractivity contribution in [2.24, 2.45) is 0 Å². The van der Waals surface area contributed by atoms with Crippen LogP contribution in [-0.2, 0) is 11.3 Å². The number of ether oxygens (including phenoxy) is 3. The second kappa shape index (κ2) is 6.01. The second-order valence-corrected chi connectivity index (χ2v) is 5.68. The van der Waals surface area contributed by atoms with Crippen LogP contribution >= 0.6 is 0 Å². The van der Waals surface area contributed by atoms with Crippen LogP contribution in [0.5, 0.6) is 11.5 Å². The van der Waals surface area contributed by atoms with Crippen LogP contribution in [-0.4, -0.2) is 24.8 Å². The summed E-state index contributed by atoms with van der Waals surface area (Å²) in [5.74, 6) is 1.62. The summed E-state index contributed by atoms with van der Waals surface area (Å²) in [6.45, 7) is 8.07. The predicted octanol–water partition coefficient (Wildman–Crippen LogP) is 2.96. The molecule has 118 valence electrons. The van der Waals surface area contributed by atoms with Crippen molar-refractivity contribution in [3.63, 3.8) is 0 Å². The van der Waals surface area contributed by atoms with Gasteiger partial charge in [0.25, 0.3) is 5.56 Å². The quantitative estimate of drug-likeness (QED) is 0.943. The van der Waals surface area contributed by atoms with Crippen LogP contribution in [0.1, 0.15) is 37.8 Å². The number of aromatic nitrogens is 1. The van der Waals surface area contributed by atoms with Crippen molar-refractivity contribution in [2.75, 3.05) is 19.8 Å². The third-order valence-corrected chi connectivity index (χ3v) is 3.85. The van der Waals surface area contributed by atoms with Crippen LogP contribution < -0.4 is 15.0 Å². The highest BCUT2D eigenvalue weighted by Gasteiger charge is 2.19. The van der Waals surface area contributed by atoms with E-state index in [1.165, 1.54) is 0 Å². The first-order valence-corrected chi connectivity index (χ1v) is 7.68. The molecule has 0 radical (unpaired) electrons. The molecule has 1 aliphatic heterocycles. The molecule has 3 rings (SSSR count). The molecule has 1 aromatic heterocycles. The fraction of sp³-hybridized carbons (Fsp3) is 0.471. The summed E-state index contributed by atoms with van der Waals surface area (Å²) in [6.07, 6.45) is 0. The lowest BCUT2D eigenvalue weighted by molar-refractivity contribution is 0.132. The average molecular weight is 303 g/mol. The molecule has 0 spiro atoms. The smallest absolute Gasteiger partial charge is 0.254 e. The summed E-state index contributed by atoms with van der Waals surface area (Å²) in [5, 5.41) is 0.994. The maximum Gasteiger partial charge on any atom is 0.254 e. The molecule has 1 aromatic carbocycles. The largest absolute Gasteiger partial charge is 0.486 e. The highest BCUT2D eigenvalue weighted by atomic mass is 16.6. The minimum Gasteiger partial charge on any atom is -0.486 e. The van der Waals surface area contributed by atoms with Gasteiger partial charge in [-0.3, -0.25) is 4.79 Å². The van der Waals surface area contributed by atoms with Gasteiger partial charge in [-0.2, -0.15) is 0 Å². The van der Waals surface area contributed by atoms with E-state index in [4.69, 9.17) is 14.2 Å². The number of benzene rings is 1. The molecular formula is C17H21NO4. The second-order valence-electron chi connectivity index (χ2n) is 5.68. The zero-order chi connectivity index (χ0) is 15.7. The molecule has 0 saturated heterocycles. The van der Waals surface area contributed by atoms with Gasteiger partial charge in [0.15, 0.2) is 11.5 Å². The van der Waals surface area contributed by atoms with E-state index in [2.05, 4.69) is 18.8 Å². The van der Waals surface area contributed by atoms with E-state index in [1.54, 1.807) is 0 Å². The third kappa shape index (κ3) is 2.57. The summed E-state index contributed by atoms with van der Waals surface area (Å²) in [7, 11) is 0. The van der Waals surface area contributed by atoms with Gasteiger partial charge in [0.05, 0.1) is 12.1 Å². The van der Waals surface area contributed by atoms with Crippen molar-refractivity contribution in [1.82, 2.24) is 4.98 Å². The predicted molar refractivity (Wildman–Crippen MR) is 85.0 cm³/mol. The maximum atomic E-state index is 12.4. The summed E-state index contributed by atoms with van der Waals surface area (Å²) < 4.78 is 16.7. The van der Waals surface area contributed by atoms with Crippen molar-refractivity contribution in [1.29, 1.82) is 0 Å². The SMILES string of the molecule is CCOCc1c(C(C)C)c2cc3c(cc2[nH]c1=O)OCCO3. The van der Waals surface area contributed by atoms with Crippen molar-refractivity contribution >= 4 is 10.9 Å². The Morgan fingerprint density at radius 2 is 1.91 bits per heavy atom. The van der Waals surface area contributed by atoms with Gasteiger partial charge in [-0.15, -0.1) is 0 Å². The Morgan fingerprint density at radius 3 is 2.55 bits per heavy atom. The third-order valence-electron chi connectivity index (χ3n) is 3.85. The topological polar surface area (TPSA) is 60.6 Å². The molecule has 0 atom stereocenters. The summed E-state index contributed by atoms with van der Waals surface area (Å²) in [5.41, 5.74) is 2.39. The maximum absolute atomic E-state index is 12.4. The highest BCUT2D eigenvalue weighted by molar-refractivity contribution is 5.87. The summed E-state index contributed by atoms with van der Waals surface area (Å²) >= 11 is 0. The molecule has 0 amide bonds. The minimum atomic E-state index is -0.0960. The monoisotopic (exact) mass is 303 g/mol. The molecule has 0 aliphatic carbocycles. The number of hydrogen-bond donors (Lipinski definition) is 1. The van der Waals surface area contributed by atoms with Crippen LogP contribution in [0.4, 0.5) is 0 Å². The normalized spacial score (nSPS) is 13.8. The van der Waals surface area contributed by atoms with Crippen LogP contribution in [0.2, 0.25) is 0 Å². The molecule has 22 heavy (non-hydrogen) atoms. The number of fused-ring (bicyclic) bond motifs is 2.